The van der Waals surface area contributed by atoms with Crippen molar-refractivity contribution in [1.29, 1.82) is 0 Å². The van der Waals surface area contributed by atoms with Crippen molar-refractivity contribution in [2.45, 2.75) is 26.0 Å². The molecule has 7 nitrogen and oxygen atoms in total. The zero-order chi connectivity index (χ0) is 21.6. The third-order valence-electron chi connectivity index (χ3n) is 5.49. The van der Waals surface area contributed by atoms with E-state index in [1.54, 1.807) is 18.0 Å². The second-order valence-electron chi connectivity index (χ2n) is 7.58. The number of nitrogens with zero attached hydrogens (tertiary/aromatic N) is 3. The van der Waals surface area contributed by atoms with Crippen LogP contribution in [0.2, 0.25) is 0 Å². The number of rotatable bonds is 7. The first kappa shape index (κ1) is 20.9. The summed E-state index contributed by atoms with van der Waals surface area (Å²) in [5, 5.41) is 7.31. The van der Waals surface area contributed by atoms with Crippen LogP contribution in [-0.4, -0.2) is 53.4 Å². The van der Waals surface area contributed by atoms with Gasteiger partial charge in [-0.1, -0.05) is 19.1 Å². The third kappa shape index (κ3) is 4.88. The van der Waals surface area contributed by atoms with Crippen LogP contribution in [0.15, 0.2) is 60.9 Å². The van der Waals surface area contributed by atoms with Gasteiger partial charge in [0.1, 0.15) is 17.6 Å². The number of fused-ring (bicyclic) bond motifs is 1. The van der Waals surface area contributed by atoms with Crippen molar-refractivity contribution in [1.82, 2.24) is 20.0 Å². The Morgan fingerprint density at radius 2 is 2.13 bits per heavy atom. The minimum absolute atomic E-state index is 0.105. The lowest BCUT2D eigenvalue weighted by molar-refractivity contribution is 0.0942. The van der Waals surface area contributed by atoms with Gasteiger partial charge in [-0.25, -0.2) is 4.68 Å². The van der Waals surface area contributed by atoms with Gasteiger partial charge in [-0.05, 0) is 42.8 Å². The maximum atomic E-state index is 12.9. The lowest BCUT2D eigenvalue weighted by atomic mass is 10.1. The Kier molecular flexibility index (Phi) is 6.52. The summed E-state index contributed by atoms with van der Waals surface area (Å²) in [5.74, 6) is 1.62. The summed E-state index contributed by atoms with van der Waals surface area (Å²) in [5.41, 5.74) is 2.47. The van der Waals surface area contributed by atoms with E-state index in [4.69, 9.17) is 9.47 Å². The third-order valence-corrected chi connectivity index (χ3v) is 5.49. The molecule has 31 heavy (non-hydrogen) atoms. The number of carbonyl (C=O) groups excluding carboxylic acids is 1. The molecule has 0 aliphatic carbocycles. The molecule has 0 radical (unpaired) electrons. The van der Waals surface area contributed by atoms with Crippen molar-refractivity contribution >= 4 is 5.91 Å². The van der Waals surface area contributed by atoms with Gasteiger partial charge in [0.05, 0.1) is 18.4 Å². The molecule has 2 heterocycles. The molecule has 1 unspecified atom stereocenters. The van der Waals surface area contributed by atoms with Gasteiger partial charge < -0.3 is 14.8 Å². The van der Waals surface area contributed by atoms with Crippen LogP contribution in [-0.2, 0) is 6.54 Å². The molecule has 0 bridgehead atoms. The van der Waals surface area contributed by atoms with Crippen LogP contribution >= 0.6 is 0 Å². The zero-order valence-corrected chi connectivity index (χ0v) is 18.0. The first-order valence-electron chi connectivity index (χ1n) is 10.6. The molecule has 1 N–H and O–H groups in total. The summed E-state index contributed by atoms with van der Waals surface area (Å²) in [6.07, 6.45) is 4.57. The maximum Gasteiger partial charge on any atom is 0.253 e. The molecule has 1 aliphatic heterocycles. The topological polar surface area (TPSA) is 68.6 Å². The van der Waals surface area contributed by atoms with Crippen molar-refractivity contribution in [3.05, 3.63) is 72.1 Å². The van der Waals surface area contributed by atoms with E-state index < -0.39 is 0 Å². The fourth-order valence-corrected chi connectivity index (χ4v) is 3.81. The molecule has 1 aliphatic rings. The molecule has 4 rings (SSSR count). The van der Waals surface area contributed by atoms with Gasteiger partial charge in [-0.3, -0.25) is 9.69 Å². The Hall–Kier alpha value is -3.32. The second-order valence-corrected chi connectivity index (χ2v) is 7.58. The Bertz CT molecular complexity index is 1020. The zero-order valence-electron chi connectivity index (χ0n) is 18.0. The summed E-state index contributed by atoms with van der Waals surface area (Å²) in [6, 6.07) is 15.3. The van der Waals surface area contributed by atoms with Gasteiger partial charge in [-0.2, -0.15) is 5.10 Å². The lowest BCUT2D eigenvalue weighted by Crippen LogP contribution is -2.38. The number of hydrogen-bond donors (Lipinski definition) is 1. The predicted octanol–water partition coefficient (Wildman–Crippen LogP) is 3.28. The summed E-state index contributed by atoms with van der Waals surface area (Å²) in [4.78, 5) is 15.2. The van der Waals surface area contributed by atoms with E-state index in [9.17, 15) is 4.79 Å². The number of para-hydroxylation sites is 1. The lowest BCUT2D eigenvalue weighted by Gasteiger charge is -2.23. The maximum absolute atomic E-state index is 12.9. The highest BCUT2D eigenvalue weighted by molar-refractivity contribution is 5.97. The summed E-state index contributed by atoms with van der Waals surface area (Å²) >= 11 is 0. The largest absolute Gasteiger partial charge is 0.497 e. The van der Waals surface area contributed by atoms with E-state index >= 15 is 0 Å². The average molecular weight is 421 g/mol. The summed E-state index contributed by atoms with van der Waals surface area (Å²) < 4.78 is 13.3. The number of methoxy groups -OCH3 is 1. The summed E-state index contributed by atoms with van der Waals surface area (Å²) in [6.45, 7) is 4.97. The molecular weight excluding hydrogens is 392 g/mol. The molecule has 1 amide bonds. The van der Waals surface area contributed by atoms with Gasteiger partial charge in [-0.15, -0.1) is 0 Å². The van der Waals surface area contributed by atoms with Crippen LogP contribution in [0.4, 0.5) is 0 Å². The molecule has 1 aromatic heterocycles. The molecule has 7 heteroatoms. The number of amides is 1. The smallest absolute Gasteiger partial charge is 0.253 e. The van der Waals surface area contributed by atoms with Crippen LogP contribution in [0.1, 0.15) is 29.3 Å². The van der Waals surface area contributed by atoms with Crippen molar-refractivity contribution in [3.8, 4) is 17.2 Å². The Balaban J connectivity index is 1.41. The molecule has 2 aromatic carbocycles. The predicted molar refractivity (Wildman–Crippen MR) is 119 cm³/mol. The molecule has 162 valence electrons. The van der Waals surface area contributed by atoms with Crippen molar-refractivity contribution in [2.24, 2.45) is 0 Å². The van der Waals surface area contributed by atoms with Gasteiger partial charge in [0.25, 0.3) is 5.91 Å². The first-order chi connectivity index (χ1) is 15.2. The number of carbonyl (C=O) groups is 1. The van der Waals surface area contributed by atoms with Gasteiger partial charge in [0.2, 0.25) is 0 Å². The number of nitrogens with one attached hydrogen (secondary N) is 1. The van der Waals surface area contributed by atoms with Crippen molar-refractivity contribution in [3.63, 3.8) is 0 Å². The summed E-state index contributed by atoms with van der Waals surface area (Å²) in [7, 11) is 1.67. The number of ether oxygens (including phenoxy) is 2. The Morgan fingerprint density at radius 1 is 1.26 bits per heavy atom. The minimum atomic E-state index is -0.105. The normalized spacial score (nSPS) is 16.1. The van der Waals surface area contributed by atoms with Crippen LogP contribution in [0.3, 0.4) is 0 Å². The van der Waals surface area contributed by atoms with Crippen molar-refractivity contribution < 1.29 is 14.3 Å². The van der Waals surface area contributed by atoms with E-state index in [0.29, 0.717) is 12.1 Å². The number of hydrogen-bond acceptors (Lipinski definition) is 5. The van der Waals surface area contributed by atoms with Crippen molar-refractivity contribution in [2.75, 3.05) is 26.7 Å². The highest BCUT2D eigenvalue weighted by Gasteiger charge is 2.22. The van der Waals surface area contributed by atoms with Crippen LogP contribution in [0.5, 0.6) is 11.5 Å². The van der Waals surface area contributed by atoms with Gasteiger partial charge >= 0.3 is 0 Å². The Labute approximate surface area is 182 Å². The minimum Gasteiger partial charge on any atom is -0.497 e. The molecule has 0 spiro atoms. The monoisotopic (exact) mass is 420 g/mol. The Morgan fingerprint density at radius 3 is 2.90 bits per heavy atom. The molecule has 3 aromatic rings. The van der Waals surface area contributed by atoms with E-state index in [1.165, 1.54) is 0 Å². The SMILES string of the molecule is CCC1CN(CCNC(=O)c2ccccc2-n2cccn2)Cc2cc(OC)ccc2O1. The highest BCUT2D eigenvalue weighted by atomic mass is 16.5. The molecule has 0 saturated carbocycles. The molecule has 0 saturated heterocycles. The second kappa shape index (κ2) is 9.66. The van der Waals surface area contributed by atoms with E-state index in [0.717, 1.165) is 48.8 Å². The number of aromatic nitrogens is 2. The molecule has 0 fully saturated rings. The van der Waals surface area contributed by atoms with Crippen LogP contribution in [0, 0.1) is 0 Å². The fourth-order valence-electron chi connectivity index (χ4n) is 3.81. The fraction of sp³-hybridized carbons (Fsp3) is 0.333. The highest BCUT2D eigenvalue weighted by Crippen LogP contribution is 2.29. The average Bonchev–Trinajstić information content (AvgIpc) is 3.27. The standard InChI is InChI=1S/C24H28N4O3/c1-3-19-17-27(16-18-15-20(30-2)9-10-23(18)31-19)14-12-25-24(29)21-7-4-5-8-22(21)28-13-6-11-26-28/h4-11,13,15,19H,3,12,14,16-17H2,1-2H3,(H,25,29). The molecule has 1 atom stereocenters. The molecular formula is C24H28N4O3. The van der Waals surface area contributed by atoms with E-state index in [2.05, 4.69) is 22.2 Å². The number of benzene rings is 2. The van der Waals surface area contributed by atoms with Crippen LogP contribution < -0.4 is 14.8 Å². The van der Waals surface area contributed by atoms with Crippen LogP contribution in [0.25, 0.3) is 5.69 Å². The first-order valence-corrected chi connectivity index (χ1v) is 10.6. The quantitative estimate of drug-likeness (QED) is 0.635. The van der Waals surface area contributed by atoms with E-state index in [-0.39, 0.29) is 12.0 Å². The van der Waals surface area contributed by atoms with Gasteiger partial charge in [0, 0.05) is 44.1 Å². The van der Waals surface area contributed by atoms with E-state index in [1.807, 2.05) is 54.7 Å². The van der Waals surface area contributed by atoms with Gasteiger partial charge in [0.15, 0.2) is 0 Å².